The maximum absolute atomic E-state index is 10.9. The minimum absolute atomic E-state index is 0. The van der Waals surface area contributed by atoms with E-state index in [1.165, 1.54) is 6.26 Å². The average molecular weight is 271 g/mol. The van der Waals surface area contributed by atoms with Crippen LogP contribution in [0.2, 0.25) is 0 Å². The second kappa shape index (κ2) is 7.09. The molecule has 0 unspecified atom stereocenters. The van der Waals surface area contributed by atoms with Gasteiger partial charge < -0.3 is 4.90 Å². The molecule has 1 aliphatic rings. The lowest BCUT2D eigenvalue weighted by Crippen LogP contribution is -2.46. The second-order valence-corrected chi connectivity index (χ2v) is 6.23. The number of carbonyl (C=O) groups is 1. The lowest BCUT2D eigenvalue weighted by atomic mass is 10.3. The normalized spacial score (nSPS) is 17.9. The van der Waals surface area contributed by atoms with Crippen molar-refractivity contribution in [2.24, 2.45) is 0 Å². The molecule has 16 heavy (non-hydrogen) atoms. The summed E-state index contributed by atoms with van der Waals surface area (Å²) in [6.07, 6.45) is 2.81. The van der Waals surface area contributed by atoms with Crippen LogP contribution in [-0.2, 0) is 14.6 Å². The summed E-state index contributed by atoms with van der Waals surface area (Å²) < 4.78 is 21.8. The fourth-order valence-corrected chi connectivity index (χ4v) is 2.30. The van der Waals surface area contributed by atoms with Crippen molar-refractivity contribution < 1.29 is 13.2 Å². The predicted molar refractivity (Wildman–Crippen MR) is 65.7 cm³/mol. The molecule has 0 aromatic carbocycles. The van der Waals surface area contributed by atoms with Crippen LogP contribution >= 0.6 is 12.4 Å². The summed E-state index contributed by atoms with van der Waals surface area (Å²) in [6, 6.07) is 0. The fourth-order valence-electron chi connectivity index (χ4n) is 1.64. The molecule has 1 aliphatic heterocycles. The molecule has 0 aromatic rings. The first-order chi connectivity index (χ1) is 7.01. The molecule has 7 heteroatoms. The average Bonchev–Trinajstić information content (AvgIpc) is 2.17. The van der Waals surface area contributed by atoms with Gasteiger partial charge in [0.25, 0.3) is 0 Å². The highest BCUT2D eigenvalue weighted by Gasteiger charge is 2.15. The highest BCUT2D eigenvalue weighted by atomic mass is 35.5. The molecule has 0 atom stereocenters. The van der Waals surface area contributed by atoms with Gasteiger partial charge in [0.2, 0.25) is 6.41 Å². The largest absolute Gasteiger partial charge is 0.343 e. The number of halogens is 1. The molecule has 0 saturated carbocycles. The van der Waals surface area contributed by atoms with Crippen LogP contribution in [0.4, 0.5) is 0 Å². The summed E-state index contributed by atoms with van der Waals surface area (Å²) in [4.78, 5) is 14.4. The standard InChI is InChI=1S/C9H18N2O3S.ClH/c1-15(13,14)8-2-3-10-4-6-11(9-12)7-5-10;/h9H,2-8H2,1H3;1H. The van der Waals surface area contributed by atoms with Crippen molar-refractivity contribution in [3.8, 4) is 0 Å². The van der Waals surface area contributed by atoms with Gasteiger partial charge in [-0.25, -0.2) is 8.42 Å². The number of amides is 1. The molecule has 1 fully saturated rings. The van der Waals surface area contributed by atoms with E-state index in [1.54, 1.807) is 4.90 Å². The third-order valence-electron chi connectivity index (χ3n) is 2.55. The van der Waals surface area contributed by atoms with Crippen LogP contribution in [0, 0.1) is 0 Å². The van der Waals surface area contributed by atoms with E-state index in [0.717, 1.165) is 39.1 Å². The van der Waals surface area contributed by atoms with Gasteiger partial charge in [0, 0.05) is 32.4 Å². The number of sulfone groups is 1. The number of piperazine rings is 1. The minimum Gasteiger partial charge on any atom is -0.343 e. The van der Waals surface area contributed by atoms with E-state index < -0.39 is 9.84 Å². The van der Waals surface area contributed by atoms with Crippen LogP contribution in [-0.4, -0.2) is 69.4 Å². The van der Waals surface area contributed by atoms with Crippen LogP contribution in [0.1, 0.15) is 6.42 Å². The molecule has 1 heterocycles. The van der Waals surface area contributed by atoms with Gasteiger partial charge in [-0.15, -0.1) is 12.4 Å². The molecule has 1 saturated heterocycles. The van der Waals surface area contributed by atoms with Crippen molar-refractivity contribution in [3.05, 3.63) is 0 Å². The Morgan fingerprint density at radius 2 is 1.75 bits per heavy atom. The van der Waals surface area contributed by atoms with E-state index >= 15 is 0 Å². The van der Waals surface area contributed by atoms with Crippen molar-refractivity contribution in [2.75, 3.05) is 44.7 Å². The maximum atomic E-state index is 10.9. The first-order valence-corrected chi connectivity index (χ1v) is 7.17. The van der Waals surface area contributed by atoms with Gasteiger partial charge >= 0.3 is 0 Å². The summed E-state index contributed by atoms with van der Waals surface area (Å²) in [6.45, 7) is 4.01. The van der Waals surface area contributed by atoms with E-state index in [2.05, 4.69) is 4.90 Å². The predicted octanol–water partition coefficient (Wildman–Crippen LogP) is -0.383. The molecule has 5 nitrogen and oxygen atoms in total. The number of hydrogen-bond donors (Lipinski definition) is 0. The van der Waals surface area contributed by atoms with E-state index in [-0.39, 0.29) is 18.2 Å². The number of carbonyl (C=O) groups excluding carboxylic acids is 1. The Labute approximate surface area is 103 Å². The van der Waals surface area contributed by atoms with Gasteiger partial charge in [-0.1, -0.05) is 0 Å². The van der Waals surface area contributed by atoms with Crippen molar-refractivity contribution in [2.45, 2.75) is 6.42 Å². The topological polar surface area (TPSA) is 57.7 Å². The quantitative estimate of drug-likeness (QED) is 0.639. The first-order valence-electron chi connectivity index (χ1n) is 5.11. The van der Waals surface area contributed by atoms with Crippen LogP contribution < -0.4 is 0 Å². The van der Waals surface area contributed by atoms with Gasteiger partial charge in [0.05, 0.1) is 5.75 Å². The highest BCUT2D eigenvalue weighted by Crippen LogP contribution is 2.01. The summed E-state index contributed by atoms with van der Waals surface area (Å²) in [5, 5.41) is 0. The lowest BCUT2D eigenvalue weighted by molar-refractivity contribution is -0.119. The summed E-state index contributed by atoms with van der Waals surface area (Å²) in [5.41, 5.74) is 0. The molecule has 96 valence electrons. The Balaban J connectivity index is 0.00000225. The Kier molecular flexibility index (Phi) is 6.94. The molecule has 0 aromatic heterocycles. The minimum atomic E-state index is -2.83. The van der Waals surface area contributed by atoms with Gasteiger partial charge in [0.15, 0.2) is 0 Å². The summed E-state index contributed by atoms with van der Waals surface area (Å²) >= 11 is 0. The molecule has 0 aliphatic carbocycles. The molecule has 1 amide bonds. The van der Waals surface area contributed by atoms with Crippen molar-refractivity contribution in [1.29, 1.82) is 0 Å². The molecule has 0 bridgehead atoms. The van der Waals surface area contributed by atoms with Crippen LogP contribution in [0.25, 0.3) is 0 Å². The first kappa shape index (κ1) is 15.7. The van der Waals surface area contributed by atoms with Crippen molar-refractivity contribution in [3.63, 3.8) is 0 Å². The Morgan fingerprint density at radius 1 is 1.19 bits per heavy atom. The summed E-state index contributed by atoms with van der Waals surface area (Å²) in [5.74, 6) is 0.251. The zero-order chi connectivity index (χ0) is 11.3. The zero-order valence-electron chi connectivity index (χ0n) is 9.46. The summed E-state index contributed by atoms with van der Waals surface area (Å²) in [7, 11) is -2.83. The van der Waals surface area contributed by atoms with Gasteiger partial charge in [-0.05, 0) is 13.0 Å². The lowest BCUT2D eigenvalue weighted by Gasteiger charge is -2.32. The van der Waals surface area contributed by atoms with E-state index in [0.29, 0.717) is 6.42 Å². The van der Waals surface area contributed by atoms with E-state index in [1.807, 2.05) is 0 Å². The zero-order valence-corrected chi connectivity index (χ0v) is 11.1. The number of rotatable bonds is 5. The highest BCUT2D eigenvalue weighted by molar-refractivity contribution is 7.90. The van der Waals surface area contributed by atoms with Gasteiger partial charge in [-0.3, -0.25) is 9.69 Å². The number of hydrogen-bond acceptors (Lipinski definition) is 4. The van der Waals surface area contributed by atoms with Crippen LogP contribution in [0.15, 0.2) is 0 Å². The van der Waals surface area contributed by atoms with E-state index in [9.17, 15) is 13.2 Å². The molecule has 0 radical (unpaired) electrons. The maximum Gasteiger partial charge on any atom is 0.209 e. The van der Waals surface area contributed by atoms with Crippen LogP contribution in [0.3, 0.4) is 0 Å². The fraction of sp³-hybridized carbons (Fsp3) is 0.889. The molecule has 1 rings (SSSR count). The monoisotopic (exact) mass is 270 g/mol. The molecule has 0 spiro atoms. The number of nitrogens with zero attached hydrogens (tertiary/aromatic N) is 2. The van der Waals surface area contributed by atoms with Crippen molar-refractivity contribution in [1.82, 2.24) is 9.80 Å². The second-order valence-electron chi connectivity index (χ2n) is 3.97. The Morgan fingerprint density at radius 3 is 2.19 bits per heavy atom. The van der Waals surface area contributed by atoms with Crippen molar-refractivity contribution >= 4 is 28.7 Å². The van der Waals surface area contributed by atoms with E-state index in [4.69, 9.17) is 0 Å². The molecular formula is C9H19ClN2O3S. The molecule has 0 N–H and O–H groups in total. The Hall–Kier alpha value is -0.330. The van der Waals surface area contributed by atoms with Gasteiger partial charge in [0.1, 0.15) is 9.84 Å². The Bertz CT molecular complexity index is 300. The smallest absolute Gasteiger partial charge is 0.209 e. The molecular weight excluding hydrogens is 252 g/mol. The van der Waals surface area contributed by atoms with Gasteiger partial charge in [-0.2, -0.15) is 0 Å². The SMILES string of the molecule is CS(=O)(=O)CCCN1CCN(C=O)CC1.Cl. The third-order valence-corrected chi connectivity index (χ3v) is 3.58. The third kappa shape index (κ3) is 6.30. The van der Waals surface area contributed by atoms with Crippen LogP contribution in [0.5, 0.6) is 0 Å².